The number of hydrogen-bond acceptors (Lipinski definition) is 2. The van der Waals surface area contributed by atoms with E-state index in [1.165, 1.54) is 0 Å². The number of nitrogens with one attached hydrogen (secondary N) is 1. The summed E-state index contributed by atoms with van der Waals surface area (Å²) in [5.41, 5.74) is 6.21. The van der Waals surface area contributed by atoms with Crippen molar-refractivity contribution < 1.29 is 4.79 Å². The molecule has 1 amide bonds. The molecular formula is C14H21ClN2O. The highest BCUT2D eigenvalue weighted by atomic mass is 35.5. The molecule has 1 aromatic carbocycles. The largest absolute Gasteiger partial charge is 0.349 e. The summed E-state index contributed by atoms with van der Waals surface area (Å²) < 4.78 is 0. The summed E-state index contributed by atoms with van der Waals surface area (Å²) in [6.45, 7) is 6.16. The molecule has 0 aliphatic heterocycles. The van der Waals surface area contributed by atoms with Gasteiger partial charge in [0.1, 0.15) is 0 Å². The van der Waals surface area contributed by atoms with Crippen molar-refractivity contribution in [3.63, 3.8) is 0 Å². The molecule has 1 aromatic rings. The van der Waals surface area contributed by atoms with Crippen LogP contribution in [-0.2, 0) is 4.79 Å². The number of carbonyl (C=O) groups excluding carboxylic acids is 1. The van der Waals surface area contributed by atoms with E-state index in [0.717, 1.165) is 12.0 Å². The van der Waals surface area contributed by atoms with E-state index in [1.54, 1.807) is 0 Å². The molecule has 0 aromatic heterocycles. The van der Waals surface area contributed by atoms with E-state index in [1.807, 2.05) is 45.0 Å². The van der Waals surface area contributed by atoms with Gasteiger partial charge in [-0.1, -0.05) is 30.7 Å². The molecule has 0 saturated carbocycles. The first-order chi connectivity index (χ1) is 8.42. The number of hydrogen-bond donors (Lipinski definition) is 2. The fourth-order valence-corrected chi connectivity index (χ4v) is 1.73. The van der Waals surface area contributed by atoms with Crippen LogP contribution in [0.1, 0.15) is 38.8 Å². The van der Waals surface area contributed by atoms with Gasteiger partial charge >= 0.3 is 0 Å². The minimum absolute atomic E-state index is 0.00468. The van der Waals surface area contributed by atoms with Gasteiger partial charge in [-0.2, -0.15) is 0 Å². The van der Waals surface area contributed by atoms with E-state index in [-0.39, 0.29) is 11.9 Å². The van der Waals surface area contributed by atoms with Crippen LogP contribution >= 0.6 is 11.6 Å². The molecule has 0 radical (unpaired) electrons. The van der Waals surface area contributed by atoms with Crippen LogP contribution in [0.2, 0.25) is 5.02 Å². The lowest BCUT2D eigenvalue weighted by atomic mass is 9.86. The monoisotopic (exact) mass is 268 g/mol. The molecule has 0 heterocycles. The number of halogens is 1. The quantitative estimate of drug-likeness (QED) is 0.863. The van der Waals surface area contributed by atoms with Crippen molar-refractivity contribution in [3.05, 3.63) is 34.9 Å². The van der Waals surface area contributed by atoms with E-state index >= 15 is 0 Å². The third-order valence-electron chi connectivity index (χ3n) is 3.50. The van der Waals surface area contributed by atoms with Crippen LogP contribution < -0.4 is 11.1 Å². The van der Waals surface area contributed by atoms with E-state index in [4.69, 9.17) is 17.3 Å². The summed E-state index contributed by atoms with van der Waals surface area (Å²) in [6, 6.07) is 7.42. The lowest BCUT2D eigenvalue weighted by Crippen LogP contribution is -2.44. The van der Waals surface area contributed by atoms with Gasteiger partial charge in [0.05, 0.1) is 11.5 Å². The van der Waals surface area contributed by atoms with Crippen molar-refractivity contribution in [1.29, 1.82) is 0 Å². The third-order valence-corrected chi connectivity index (χ3v) is 3.75. The number of rotatable bonds is 5. The van der Waals surface area contributed by atoms with Gasteiger partial charge in [-0.15, -0.1) is 0 Å². The Kier molecular flexibility index (Phi) is 5.17. The summed E-state index contributed by atoms with van der Waals surface area (Å²) in [4.78, 5) is 12.2. The molecule has 0 aliphatic carbocycles. The van der Waals surface area contributed by atoms with Crippen LogP contribution in [-0.4, -0.2) is 12.5 Å². The molecule has 18 heavy (non-hydrogen) atoms. The van der Waals surface area contributed by atoms with E-state index in [0.29, 0.717) is 11.6 Å². The van der Waals surface area contributed by atoms with Crippen molar-refractivity contribution in [3.8, 4) is 0 Å². The summed E-state index contributed by atoms with van der Waals surface area (Å²) in [5.74, 6) is -0.00468. The zero-order chi connectivity index (χ0) is 13.8. The maximum absolute atomic E-state index is 12.2. The molecule has 2 atom stereocenters. The van der Waals surface area contributed by atoms with Crippen LogP contribution in [0, 0.1) is 5.41 Å². The molecule has 0 spiro atoms. The fraction of sp³-hybridized carbons (Fsp3) is 0.500. The van der Waals surface area contributed by atoms with Crippen LogP contribution in [0.15, 0.2) is 24.3 Å². The normalized spacial score (nSPS) is 15.8. The SMILES string of the molecule is CCC(C)(CN)C(=O)N[C@H](C)c1ccc(Cl)cc1. The zero-order valence-electron chi connectivity index (χ0n) is 11.2. The molecule has 0 saturated heterocycles. The molecule has 0 bridgehead atoms. The Balaban J connectivity index is 2.73. The minimum Gasteiger partial charge on any atom is -0.349 e. The van der Waals surface area contributed by atoms with Crippen molar-refractivity contribution in [1.82, 2.24) is 5.32 Å². The van der Waals surface area contributed by atoms with Crippen LogP contribution in [0.3, 0.4) is 0 Å². The van der Waals surface area contributed by atoms with E-state index in [9.17, 15) is 4.79 Å². The maximum atomic E-state index is 12.2. The van der Waals surface area contributed by atoms with Crippen molar-refractivity contribution >= 4 is 17.5 Å². The third kappa shape index (κ3) is 3.47. The predicted molar refractivity (Wildman–Crippen MR) is 75.5 cm³/mol. The van der Waals surface area contributed by atoms with E-state index in [2.05, 4.69) is 5.32 Å². The second-order valence-electron chi connectivity index (χ2n) is 4.87. The van der Waals surface area contributed by atoms with Crippen LogP contribution in [0.25, 0.3) is 0 Å². The molecule has 4 heteroatoms. The van der Waals surface area contributed by atoms with Gasteiger partial charge in [0, 0.05) is 11.6 Å². The van der Waals surface area contributed by atoms with Gasteiger partial charge in [-0.25, -0.2) is 0 Å². The van der Waals surface area contributed by atoms with Crippen molar-refractivity contribution in [2.24, 2.45) is 11.1 Å². The van der Waals surface area contributed by atoms with Crippen molar-refractivity contribution in [2.75, 3.05) is 6.54 Å². The number of benzene rings is 1. The molecule has 0 fully saturated rings. The van der Waals surface area contributed by atoms with Crippen molar-refractivity contribution in [2.45, 2.75) is 33.2 Å². The highest BCUT2D eigenvalue weighted by Gasteiger charge is 2.30. The second-order valence-corrected chi connectivity index (χ2v) is 5.30. The van der Waals surface area contributed by atoms with Gasteiger partial charge in [0.15, 0.2) is 0 Å². The topological polar surface area (TPSA) is 55.1 Å². The summed E-state index contributed by atoms with van der Waals surface area (Å²) >= 11 is 5.84. The predicted octanol–water partition coefficient (Wildman–Crippen LogP) is 2.89. The van der Waals surface area contributed by atoms with Gasteiger partial charge in [-0.05, 0) is 38.0 Å². The number of nitrogens with two attached hydrogens (primary N) is 1. The van der Waals surface area contributed by atoms with E-state index < -0.39 is 5.41 Å². The van der Waals surface area contributed by atoms with Gasteiger partial charge in [0.25, 0.3) is 0 Å². The summed E-state index contributed by atoms with van der Waals surface area (Å²) in [5, 5.41) is 3.69. The smallest absolute Gasteiger partial charge is 0.227 e. The molecule has 1 rings (SSSR count). The summed E-state index contributed by atoms with van der Waals surface area (Å²) in [7, 11) is 0. The Labute approximate surface area is 114 Å². The highest BCUT2D eigenvalue weighted by Crippen LogP contribution is 2.22. The first kappa shape index (κ1) is 15.0. The highest BCUT2D eigenvalue weighted by molar-refractivity contribution is 6.30. The number of carbonyl (C=O) groups is 1. The Morgan fingerprint density at radius 1 is 1.44 bits per heavy atom. The lowest BCUT2D eigenvalue weighted by molar-refractivity contribution is -0.130. The van der Waals surface area contributed by atoms with Gasteiger partial charge in [-0.3, -0.25) is 4.79 Å². The molecular weight excluding hydrogens is 248 g/mol. The number of amides is 1. The molecule has 3 N–H and O–H groups in total. The first-order valence-electron chi connectivity index (χ1n) is 6.19. The van der Waals surface area contributed by atoms with Crippen LogP contribution in [0.4, 0.5) is 0 Å². The van der Waals surface area contributed by atoms with Gasteiger partial charge < -0.3 is 11.1 Å². The Morgan fingerprint density at radius 3 is 2.44 bits per heavy atom. The van der Waals surface area contributed by atoms with Gasteiger partial charge in [0.2, 0.25) is 5.91 Å². The molecule has 3 nitrogen and oxygen atoms in total. The Bertz CT molecular complexity index is 399. The molecule has 0 aliphatic rings. The van der Waals surface area contributed by atoms with Crippen LogP contribution in [0.5, 0.6) is 0 Å². The Morgan fingerprint density at radius 2 is 2.00 bits per heavy atom. The average molecular weight is 269 g/mol. The molecule has 100 valence electrons. The lowest BCUT2D eigenvalue weighted by Gasteiger charge is -2.27. The fourth-order valence-electron chi connectivity index (χ4n) is 1.60. The summed E-state index contributed by atoms with van der Waals surface area (Å²) in [6.07, 6.45) is 0.725. The second kappa shape index (κ2) is 6.21. The minimum atomic E-state index is -0.499. The maximum Gasteiger partial charge on any atom is 0.227 e. The molecule has 1 unspecified atom stereocenters. The first-order valence-corrected chi connectivity index (χ1v) is 6.57. The Hall–Kier alpha value is -1.06. The average Bonchev–Trinajstić information content (AvgIpc) is 2.38. The standard InChI is InChI=1S/C14H21ClN2O/c1-4-14(3,9-16)13(18)17-10(2)11-5-7-12(15)8-6-11/h5-8,10H,4,9,16H2,1-3H3,(H,17,18)/t10-,14?/m1/s1. The zero-order valence-corrected chi connectivity index (χ0v) is 11.9.